The number of hydrogen-bond donors (Lipinski definition) is 1. The Morgan fingerprint density at radius 2 is 1.88 bits per heavy atom. The first-order chi connectivity index (χ1) is 8.02. The Bertz CT molecular complexity index is 288. The lowest BCUT2D eigenvalue weighted by molar-refractivity contribution is 0.174. The van der Waals surface area contributed by atoms with E-state index in [1.807, 2.05) is 11.7 Å². The first kappa shape index (κ1) is 14.6. The van der Waals surface area contributed by atoms with Gasteiger partial charge in [-0.25, -0.2) is 0 Å². The molecule has 0 saturated carbocycles. The molecule has 17 heavy (non-hydrogen) atoms. The maximum Gasteiger partial charge on any atom is 0.0794 e. The highest BCUT2D eigenvalue weighted by molar-refractivity contribution is 7.09. The summed E-state index contributed by atoms with van der Waals surface area (Å²) in [6.07, 6.45) is 1.95. The Balaban J connectivity index is 2.31. The van der Waals surface area contributed by atoms with Crippen LogP contribution >= 0.6 is 11.3 Å². The maximum atomic E-state index is 4.11. The smallest absolute Gasteiger partial charge is 0.0794 e. The minimum atomic E-state index is 0.406. The molecule has 0 saturated heterocycles. The molecule has 0 radical (unpaired) electrons. The predicted molar refractivity (Wildman–Crippen MR) is 75.5 cm³/mol. The van der Waals surface area contributed by atoms with E-state index in [1.165, 1.54) is 4.88 Å². The average molecular weight is 255 g/mol. The van der Waals surface area contributed by atoms with Crippen molar-refractivity contribution in [2.45, 2.75) is 52.7 Å². The molecule has 0 amide bonds. The van der Waals surface area contributed by atoms with Gasteiger partial charge in [0.05, 0.1) is 5.51 Å². The van der Waals surface area contributed by atoms with Crippen molar-refractivity contribution in [2.75, 3.05) is 13.1 Å². The second kappa shape index (κ2) is 7.09. The second-order valence-corrected chi connectivity index (χ2v) is 5.92. The van der Waals surface area contributed by atoms with Gasteiger partial charge in [0.1, 0.15) is 0 Å². The minimum Gasteiger partial charge on any atom is -0.308 e. The molecule has 0 aliphatic carbocycles. The van der Waals surface area contributed by atoms with Crippen LogP contribution < -0.4 is 5.32 Å². The molecule has 3 nitrogen and oxygen atoms in total. The average Bonchev–Trinajstić information content (AvgIpc) is 2.76. The zero-order valence-corrected chi connectivity index (χ0v) is 12.4. The van der Waals surface area contributed by atoms with Crippen LogP contribution in [0.25, 0.3) is 0 Å². The second-order valence-electron chi connectivity index (χ2n) is 5.00. The molecule has 1 unspecified atom stereocenters. The van der Waals surface area contributed by atoms with E-state index in [-0.39, 0.29) is 0 Å². The molecule has 0 bridgehead atoms. The lowest BCUT2D eigenvalue weighted by Crippen LogP contribution is -2.41. The van der Waals surface area contributed by atoms with Gasteiger partial charge in [0.15, 0.2) is 0 Å². The number of aromatic nitrogens is 1. The van der Waals surface area contributed by atoms with E-state index in [1.54, 1.807) is 11.3 Å². The van der Waals surface area contributed by atoms with Crippen LogP contribution in [0.1, 0.15) is 45.5 Å². The summed E-state index contributed by atoms with van der Waals surface area (Å²) < 4.78 is 0. The highest BCUT2D eigenvalue weighted by atomic mass is 32.1. The van der Waals surface area contributed by atoms with Crippen LogP contribution in [0.4, 0.5) is 0 Å². The third kappa shape index (κ3) is 4.74. The first-order valence-electron chi connectivity index (χ1n) is 6.40. The molecule has 1 N–H and O–H groups in total. The zero-order valence-electron chi connectivity index (χ0n) is 11.6. The van der Waals surface area contributed by atoms with Crippen molar-refractivity contribution < 1.29 is 0 Å². The van der Waals surface area contributed by atoms with Crippen LogP contribution in [-0.2, 0) is 0 Å². The van der Waals surface area contributed by atoms with E-state index < -0.39 is 0 Å². The summed E-state index contributed by atoms with van der Waals surface area (Å²) in [7, 11) is 0. The molecule has 0 aliphatic heterocycles. The fourth-order valence-electron chi connectivity index (χ4n) is 2.06. The van der Waals surface area contributed by atoms with Crippen LogP contribution in [0.5, 0.6) is 0 Å². The van der Waals surface area contributed by atoms with Crippen molar-refractivity contribution in [3.05, 3.63) is 16.6 Å². The molecule has 0 spiro atoms. The fourth-order valence-corrected chi connectivity index (χ4v) is 2.72. The predicted octanol–water partition coefficient (Wildman–Crippen LogP) is 2.91. The van der Waals surface area contributed by atoms with Gasteiger partial charge in [-0.3, -0.25) is 9.88 Å². The highest BCUT2D eigenvalue weighted by Crippen LogP contribution is 2.15. The molecule has 1 rings (SSSR count). The number of hydrogen-bond acceptors (Lipinski definition) is 4. The van der Waals surface area contributed by atoms with Crippen molar-refractivity contribution in [1.82, 2.24) is 15.2 Å². The molecule has 1 aromatic heterocycles. The monoisotopic (exact) mass is 255 g/mol. The molecule has 1 heterocycles. The van der Waals surface area contributed by atoms with Crippen molar-refractivity contribution in [2.24, 2.45) is 0 Å². The number of thiazole rings is 1. The number of rotatable bonds is 7. The number of nitrogens with zero attached hydrogens (tertiary/aromatic N) is 2. The van der Waals surface area contributed by atoms with Gasteiger partial charge < -0.3 is 5.32 Å². The van der Waals surface area contributed by atoms with Gasteiger partial charge in [-0.1, -0.05) is 0 Å². The van der Waals surface area contributed by atoms with Gasteiger partial charge in [0, 0.05) is 42.3 Å². The Kier molecular flexibility index (Phi) is 6.09. The minimum absolute atomic E-state index is 0.406. The van der Waals surface area contributed by atoms with Crippen molar-refractivity contribution >= 4 is 11.3 Å². The molecule has 0 aliphatic rings. The van der Waals surface area contributed by atoms with Gasteiger partial charge in [-0.15, -0.1) is 11.3 Å². The summed E-state index contributed by atoms with van der Waals surface area (Å²) in [5, 5.41) is 3.55. The van der Waals surface area contributed by atoms with Crippen LogP contribution in [0, 0.1) is 0 Å². The zero-order chi connectivity index (χ0) is 12.8. The maximum absolute atomic E-state index is 4.11. The molecule has 1 atom stereocenters. The Labute approximate surface area is 109 Å². The van der Waals surface area contributed by atoms with Gasteiger partial charge in [-0.2, -0.15) is 0 Å². The third-order valence-corrected chi connectivity index (χ3v) is 3.98. The number of nitrogens with one attached hydrogen (secondary N) is 1. The Hall–Kier alpha value is -0.450. The SMILES string of the molecule is CC(NCCN(C(C)C)C(C)C)c1cncs1. The van der Waals surface area contributed by atoms with Gasteiger partial charge in [-0.05, 0) is 34.6 Å². The van der Waals surface area contributed by atoms with Crippen LogP contribution in [-0.4, -0.2) is 35.1 Å². The fraction of sp³-hybridized carbons (Fsp3) is 0.769. The van der Waals surface area contributed by atoms with E-state index in [0.29, 0.717) is 18.1 Å². The van der Waals surface area contributed by atoms with Gasteiger partial charge in [0.2, 0.25) is 0 Å². The molecule has 1 aromatic rings. The Morgan fingerprint density at radius 3 is 2.35 bits per heavy atom. The van der Waals surface area contributed by atoms with E-state index in [0.717, 1.165) is 13.1 Å². The molecule has 0 fully saturated rings. The van der Waals surface area contributed by atoms with Crippen molar-refractivity contribution in [3.8, 4) is 0 Å². The topological polar surface area (TPSA) is 28.2 Å². The van der Waals surface area contributed by atoms with Crippen molar-refractivity contribution in [1.29, 1.82) is 0 Å². The summed E-state index contributed by atoms with van der Waals surface area (Å²) in [6, 6.07) is 1.62. The van der Waals surface area contributed by atoms with E-state index in [9.17, 15) is 0 Å². The van der Waals surface area contributed by atoms with Crippen LogP contribution in [0.3, 0.4) is 0 Å². The van der Waals surface area contributed by atoms with E-state index >= 15 is 0 Å². The highest BCUT2D eigenvalue weighted by Gasteiger charge is 2.13. The summed E-state index contributed by atoms with van der Waals surface area (Å²) >= 11 is 1.72. The van der Waals surface area contributed by atoms with Crippen LogP contribution in [0.15, 0.2) is 11.7 Å². The molecular formula is C13H25N3S. The Morgan fingerprint density at radius 1 is 1.24 bits per heavy atom. The van der Waals surface area contributed by atoms with E-state index in [4.69, 9.17) is 0 Å². The quantitative estimate of drug-likeness (QED) is 0.812. The first-order valence-corrected chi connectivity index (χ1v) is 7.27. The normalized spacial score (nSPS) is 13.9. The van der Waals surface area contributed by atoms with Gasteiger partial charge >= 0.3 is 0 Å². The van der Waals surface area contributed by atoms with Crippen LogP contribution in [0.2, 0.25) is 0 Å². The van der Waals surface area contributed by atoms with E-state index in [2.05, 4.69) is 49.8 Å². The largest absolute Gasteiger partial charge is 0.308 e. The standard InChI is InChI=1S/C13H25N3S/c1-10(2)16(11(3)4)7-6-15-12(5)13-8-14-9-17-13/h8-12,15H,6-7H2,1-5H3. The summed E-state index contributed by atoms with van der Waals surface area (Å²) in [5.41, 5.74) is 1.89. The summed E-state index contributed by atoms with van der Waals surface area (Å²) in [6.45, 7) is 13.3. The third-order valence-electron chi connectivity index (χ3n) is 3.03. The van der Waals surface area contributed by atoms with Crippen molar-refractivity contribution in [3.63, 3.8) is 0 Å². The van der Waals surface area contributed by atoms with Gasteiger partial charge in [0.25, 0.3) is 0 Å². The summed E-state index contributed by atoms with van der Waals surface area (Å²) in [5.74, 6) is 0. The molecule has 4 heteroatoms. The lowest BCUT2D eigenvalue weighted by Gasteiger charge is -2.31. The molecule has 0 aromatic carbocycles. The molecule has 98 valence electrons. The lowest BCUT2D eigenvalue weighted by atomic mass is 10.2. The summed E-state index contributed by atoms with van der Waals surface area (Å²) in [4.78, 5) is 7.93. The molecular weight excluding hydrogens is 230 g/mol.